The van der Waals surface area contributed by atoms with E-state index in [1.54, 1.807) is 0 Å². The number of ether oxygens (including phenoxy) is 1. The molecule has 0 N–H and O–H groups in total. The van der Waals surface area contributed by atoms with E-state index in [0.29, 0.717) is 11.3 Å². The molecular weight excluding hydrogens is 839 g/mol. The minimum Gasteiger partial charge on any atom is -0.410 e. The van der Waals surface area contributed by atoms with Crippen molar-refractivity contribution in [1.29, 1.82) is 0 Å². The molecule has 0 radical (unpaired) electrons. The van der Waals surface area contributed by atoms with E-state index < -0.39 is 18.9 Å². The summed E-state index contributed by atoms with van der Waals surface area (Å²) in [6.45, 7) is 22.3. The van der Waals surface area contributed by atoms with E-state index in [9.17, 15) is 4.11 Å². The highest BCUT2D eigenvalue weighted by atomic mass is 16.5. The number of benzene rings is 7. The van der Waals surface area contributed by atoms with Crippen LogP contribution in [0.3, 0.4) is 0 Å². The second-order valence-corrected chi connectivity index (χ2v) is 23.1. The van der Waals surface area contributed by atoms with Gasteiger partial charge in [-0.15, -0.1) is 4.57 Å². The van der Waals surface area contributed by atoms with Crippen LogP contribution in [0.25, 0.3) is 44.6 Å². The second-order valence-electron chi connectivity index (χ2n) is 23.1. The van der Waals surface area contributed by atoms with Gasteiger partial charge in [0.05, 0.1) is 16.9 Å². The predicted octanol–water partition coefficient (Wildman–Crippen LogP) is 16.3. The molecule has 7 aromatic carbocycles. The Morgan fingerprint density at radius 1 is 0.594 bits per heavy atom. The first-order chi connectivity index (χ1) is 34.1. The molecule has 1 aromatic heterocycles. The number of hydrogen-bond acceptors (Lipinski definition) is 3. The fraction of sp³-hybridized carbons (Fsp3) is 0.277. The molecule has 4 aliphatic heterocycles. The van der Waals surface area contributed by atoms with Gasteiger partial charge >= 0.3 is 5.85 Å². The lowest BCUT2D eigenvalue weighted by atomic mass is 9.78. The Morgan fingerprint density at radius 3 is 2.01 bits per heavy atom. The minimum absolute atomic E-state index is 0.0626. The molecule has 0 saturated carbocycles. The molecule has 0 fully saturated rings. The van der Waals surface area contributed by atoms with Gasteiger partial charge in [-0.2, -0.15) is 0 Å². The van der Waals surface area contributed by atoms with Crippen LogP contribution >= 0.6 is 0 Å². The van der Waals surface area contributed by atoms with Crippen LogP contribution in [0.2, 0.25) is 0 Å². The summed E-state index contributed by atoms with van der Waals surface area (Å²) in [6, 6.07) is 54.9. The lowest BCUT2D eigenvalue weighted by molar-refractivity contribution is -0.774. The van der Waals surface area contributed by atoms with Crippen molar-refractivity contribution in [2.45, 2.75) is 117 Å². The smallest absolute Gasteiger partial charge is 0.410 e. The van der Waals surface area contributed by atoms with Gasteiger partial charge in [0.15, 0.2) is 6.20 Å². The predicted molar refractivity (Wildman–Crippen MR) is 286 cm³/mol. The van der Waals surface area contributed by atoms with Gasteiger partial charge in [0.2, 0.25) is 5.69 Å². The van der Waals surface area contributed by atoms with Gasteiger partial charge in [-0.3, -0.25) is 0 Å². The number of para-hydroxylation sites is 1. The van der Waals surface area contributed by atoms with E-state index in [1.165, 1.54) is 27.8 Å². The lowest BCUT2D eigenvalue weighted by Gasteiger charge is -2.49. The summed E-state index contributed by atoms with van der Waals surface area (Å²) >= 11 is 0. The Labute approximate surface area is 414 Å². The van der Waals surface area contributed by atoms with Crippen molar-refractivity contribution in [2.75, 3.05) is 9.80 Å². The Morgan fingerprint density at radius 2 is 1.29 bits per heavy atom. The second kappa shape index (κ2) is 14.8. The standard InChI is InChI=1S/C65H64N3O/c1-39-25-27-43(28-26-39)44-31-32-66-57(36-44)51-38-47(62(4,5)6)37-50-49-22-18-24-56-59(49)68-61(67(56)55-30-29-45(33-40(55)2)48-21-16-17-23-53(48)63(7,8)9)52-34-46(41(3)42-19-14-13-15-20-42)35-54(64(10,11)12)60(52)69-65(66,68)58(50)51/h13-38,41,61H,1-12H3/q+1/i2D3. The van der Waals surface area contributed by atoms with Crippen molar-refractivity contribution >= 4 is 17.1 Å². The fourth-order valence-electron chi connectivity index (χ4n) is 11.8. The lowest BCUT2D eigenvalue weighted by Crippen LogP contribution is -2.71. The molecule has 1 spiro atoms. The Kier molecular flexibility index (Phi) is 8.58. The zero-order valence-electron chi connectivity index (χ0n) is 44.9. The van der Waals surface area contributed by atoms with Crippen molar-refractivity contribution in [3.8, 4) is 50.4 Å². The molecule has 8 aromatic rings. The number of nitrogens with zero attached hydrogens (tertiary/aromatic N) is 3. The number of hydrogen-bond donors (Lipinski definition) is 0. The molecule has 0 saturated heterocycles. The zero-order chi connectivity index (χ0) is 50.6. The maximum absolute atomic E-state index is 9.40. The molecule has 4 aliphatic rings. The van der Waals surface area contributed by atoms with Crippen molar-refractivity contribution in [1.82, 2.24) is 0 Å². The normalized spacial score (nSPS) is 18.6. The van der Waals surface area contributed by atoms with E-state index in [2.05, 4.69) is 242 Å². The van der Waals surface area contributed by atoms with Crippen LogP contribution in [0.15, 0.2) is 158 Å². The van der Waals surface area contributed by atoms with Gasteiger partial charge in [-0.1, -0.05) is 178 Å². The highest BCUT2D eigenvalue weighted by molar-refractivity contribution is 6.02. The molecule has 3 unspecified atom stereocenters. The first-order valence-electron chi connectivity index (χ1n) is 26.3. The molecular formula is C65H64N3O+. The number of fused-ring (bicyclic) bond motifs is 5. The van der Waals surface area contributed by atoms with Crippen LogP contribution in [0, 0.1) is 13.8 Å². The van der Waals surface area contributed by atoms with Crippen LogP contribution in [0.5, 0.6) is 5.75 Å². The maximum Gasteiger partial charge on any atom is 0.432 e. The van der Waals surface area contributed by atoms with Crippen LogP contribution in [0.4, 0.5) is 17.1 Å². The number of rotatable bonds is 5. The molecule has 5 heterocycles. The van der Waals surface area contributed by atoms with Crippen molar-refractivity contribution in [3.63, 3.8) is 0 Å². The zero-order valence-corrected chi connectivity index (χ0v) is 41.9. The van der Waals surface area contributed by atoms with E-state index in [4.69, 9.17) is 4.74 Å². The Bertz CT molecular complexity index is 3540. The van der Waals surface area contributed by atoms with Gasteiger partial charge in [0, 0.05) is 50.1 Å². The maximum atomic E-state index is 9.40. The fourth-order valence-corrected chi connectivity index (χ4v) is 11.8. The van der Waals surface area contributed by atoms with Crippen molar-refractivity contribution in [2.24, 2.45) is 0 Å². The van der Waals surface area contributed by atoms with Crippen LogP contribution < -0.4 is 19.1 Å². The van der Waals surface area contributed by atoms with Gasteiger partial charge in [0.1, 0.15) is 17.5 Å². The van der Waals surface area contributed by atoms with E-state index >= 15 is 0 Å². The quantitative estimate of drug-likeness (QED) is 0.160. The molecule has 69 heavy (non-hydrogen) atoms. The number of pyridine rings is 1. The summed E-state index contributed by atoms with van der Waals surface area (Å²) in [5.41, 5.74) is 20.2. The number of aromatic nitrogens is 1. The molecule has 344 valence electrons. The summed E-state index contributed by atoms with van der Waals surface area (Å²) in [7, 11) is 0. The van der Waals surface area contributed by atoms with E-state index in [1.807, 2.05) is 6.07 Å². The minimum atomic E-state index is -2.46. The topological polar surface area (TPSA) is 19.6 Å². The van der Waals surface area contributed by atoms with Crippen molar-refractivity contribution in [3.05, 3.63) is 208 Å². The molecule has 0 aliphatic carbocycles. The SMILES string of the molecule is [2H]C([2H])([2H])c1cc(-c2ccccc2C(C)(C)C)ccc1N1c2cccc3c2N2C1c1cc(C(C)c4ccccc4)cc(C(C)(C)C)c1OC21c2c-3cc(C(C)(C)C)cc2-c2cc(-c3ccc(C)cc3)cc[n+]21. The van der Waals surface area contributed by atoms with Gasteiger partial charge in [0.25, 0.3) is 0 Å². The van der Waals surface area contributed by atoms with Crippen molar-refractivity contribution < 1.29 is 13.4 Å². The largest absolute Gasteiger partial charge is 0.432 e. The van der Waals surface area contributed by atoms with Crippen LogP contribution in [0.1, 0.15) is 136 Å². The highest BCUT2D eigenvalue weighted by Gasteiger charge is 2.70. The van der Waals surface area contributed by atoms with Gasteiger partial charge in [-0.05, 0) is 116 Å². The Balaban J connectivity index is 1.21. The molecule has 12 rings (SSSR count). The molecule has 0 amide bonds. The third-order valence-electron chi connectivity index (χ3n) is 15.5. The summed E-state index contributed by atoms with van der Waals surface area (Å²) in [5.74, 6) is -0.302. The highest BCUT2D eigenvalue weighted by Crippen LogP contribution is 2.68. The van der Waals surface area contributed by atoms with Crippen LogP contribution in [-0.2, 0) is 22.1 Å². The summed E-state index contributed by atoms with van der Waals surface area (Å²) in [5, 5.41) is 0. The van der Waals surface area contributed by atoms with Gasteiger partial charge < -0.3 is 9.64 Å². The monoisotopic (exact) mass is 906 g/mol. The third-order valence-corrected chi connectivity index (χ3v) is 15.5. The molecule has 0 bridgehead atoms. The van der Waals surface area contributed by atoms with Crippen LogP contribution in [-0.4, -0.2) is 0 Å². The number of anilines is 3. The van der Waals surface area contributed by atoms with E-state index in [-0.39, 0.29) is 22.2 Å². The first-order valence-corrected chi connectivity index (χ1v) is 24.8. The number of aryl methyl sites for hydroxylation is 2. The summed E-state index contributed by atoms with van der Waals surface area (Å²) < 4.78 is 38.8. The molecule has 4 nitrogen and oxygen atoms in total. The van der Waals surface area contributed by atoms with E-state index in [0.717, 1.165) is 78.5 Å². The molecule has 4 heteroatoms. The average Bonchev–Trinajstić information content (AvgIpc) is 3.84. The summed E-state index contributed by atoms with van der Waals surface area (Å²) in [6.07, 6.45) is 1.71. The Hall–Kier alpha value is -6.91. The van der Waals surface area contributed by atoms with Gasteiger partial charge in [-0.25, -0.2) is 4.90 Å². The molecule has 3 atom stereocenters. The first kappa shape index (κ1) is 40.0. The summed E-state index contributed by atoms with van der Waals surface area (Å²) in [4.78, 5) is 4.86. The third kappa shape index (κ3) is 6.36. The average molecular weight is 906 g/mol.